The number of hydrogen-bond donors (Lipinski definition) is 1. The number of methoxy groups -OCH3 is 1. The Morgan fingerprint density at radius 2 is 2.21 bits per heavy atom. The lowest BCUT2D eigenvalue weighted by Crippen LogP contribution is -2.19. The molecule has 0 aliphatic carbocycles. The van der Waals surface area contributed by atoms with Crippen LogP contribution < -0.4 is 5.43 Å². The fraction of sp³-hybridized carbons (Fsp3) is 0.333. The molecule has 0 aromatic carbocycles. The van der Waals surface area contributed by atoms with E-state index in [4.69, 9.17) is 4.74 Å². The predicted octanol–water partition coefficient (Wildman–Crippen LogP) is 2.05. The second-order valence-corrected chi connectivity index (χ2v) is 4.42. The van der Waals surface area contributed by atoms with Gasteiger partial charge in [-0.25, -0.2) is 9.59 Å². The van der Waals surface area contributed by atoms with Crippen molar-refractivity contribution in [3.8, 4) is 0 Å². The molecule has 104 valence electrons. The molecule has 0 unspecified atom stereocenters. The number of aromatic nitrogens is 1. The van der Waals surface area contributed by atoms with E-state index < -0.39 is 11.9 Å². The largest absolute Gasteiger partial charge is 0.464 e. The van der Waals surface area contributed by atoms with Gasteiger partial charge in [0.2, 0.25) is 0 Å². The number of nitrogens with zero attached hydrogens (tertiary/aromatic N) is 1. The first-order chi connectivity index (χ1) is 8.99. The number of nitrogens with one attached hydrogen (secondary N) is 1. The van der Waals surface area contributed by atoms with Gasteiger partial charge in [0.15, 0.2) is 5.69 Å². The van der Waals surface area contributed by atoms with Crippen molar-refractivity contribution in [2.24, 2.45) is 0 Å². The molecule has 0 aliphatic rings. The molecule has 7 heteroatoms. The van der Waals surface area contributed by atoms with Gasteiger partial charge in [-0.1, -0.05) is 0 Å². The minimum atomic E-state index is -0.492. The van der Waals surface area contributed by atoms with Gasteiger partial charge in [0.25, 0.3) is 0 Å². The van der Waals surface area contributed by atoms with Gasteiger partial charge >= 0.3 is 11.9 Å². The summed E-state index contributed by atoms with van der Waals surface area (Å²) < 4.78 is 11.5. The summed E-state index contributed by atoms with van der Waals surface area (Å²) in [6.07, 6.45) is 2.94. The molecule has 1 aromatic heterocycles. The van der Waals surface area contributed by atoms with Crippen LogP contribution >= 0.6 is 15.9 Å². The van der Waals surface area contributed by atoms with E-state index in [9.17, 15) is 9.59 Å². The van der Waals surface area contributed by atoms with Crippen LogP contribution in [0.4, 0.5) is 0 Å². The third kappa shape index (κ3) is 4.13. The third-order valence-electron chi connectivity index (χ3n) is 2.13. The topological polar surface area (TPSA) is 69.6 Å². The summed E-state index contributed by atoms with van der Waals surface area (Å²) in [4.78, 5) is 22.9. The maximum atomic E-state index is 11.6. The molecule has 0 saturated carbocycles. The first-order valence-electron chi connectivity index (χ1n) is 5.56. The van der Waals surface area contributed by atoms with Crippen molar-refractivity contribution in [2.75, 3.05) is 19.1 Å². The van der Waals surface area contributed by atoms with Gasteiger partial charge in [-0.05, 0) is 35.8 Å². The molecule has 0 fully saturated rings. The van der Waals surface area contributed by atoms with E-state index >= 15 is 0 Å². The Kier molecular flexibility index (Phi) is 5.62. The van der Waals surface area contributed by atoms with Crippen molar-refractivity contribution in [3.05, 3.63) is 34.2 Å². The average molecular weight is 331 g/mol. The molecular weight excluding hydrogens is 316 g/mol. The number of hydrogen-bond acceptors (Lipinski definition) is 5. The van der Waals surface area contributed by atoms with Crippen LogP contribution in [0.2, 0.25) is 0 Å². The summed E-state index contributed by atoms with van der Waals surface area (Å²) in [5.74, 6) is -0.938. The third-order valence-corrected chi connectivity index (χ3v) is 2.77. The van der Waals surface area contributed by atoms with Crippen LogP contribution in [0.15, 0.2) is 28.5 Å². The average Bonchev–Trinajstić information content (AvgIpc) is 2.69. The monoisotopic (exact) mass is 330 g/mol. The molecule has 19 heavy (non-hydrogen) atoms. The van der Waals surface area contributed by atoms with Crippen molar-refractivity contribution in [3.63, 3.8) is 0 Å². The molecule has 0 saturated heterocycles. The van der Waals surface area contributed by atoms with Crippen LogP contribution in [-0.4, -0.2) is 30.3 Å². The summed E-state index contributed by atoms with van der Waals surface area (Å²) in [7, 11) is 1.30. The fourth-order valence-corrected chi connectivity index (χ4v) is 1.85. The van der Waals surface area contributed by atoms with Crippen LogP contribution in [0.1, 0.15) is 24.3 Å². The highest BCUT2D eigenvalue weighted by atomic mass is 79.9. The van der Waals surface area contributed by atoms with Gasteiger partial charge in [0.05, 0.1) is 18.2 Å². The molecule has 0 atom stereocenters. The highest BCUT2D eigenvalue weighted by Gasteiger charge is 2.16. The summed E-state index contributed by atoms with van der Waals surface area (Å²) in [5, 5.41) is 0. The second kappa shape index (κ2) is 6.98. The van der Waals surface area contributed by atoms with E-state index in [0.29, 0.717) is 22.5 Å². The van der Waals surface area contributed by atoms with Crippen molar-refractivity contribution >= 4 is 27.9 Å². The molecule has 0 radical (unpaired) electrons. The number of carbonyl (C=O) groups excluding carboxylic acids is 2. The minimum Gasteiger partial charge on any atom is -0.464 e. The molecule has 6 nitrogen and oxygen atoms in total. The SMILES string of the molecule is CCOC(=O)/C=C(\C)Nn1ccc(Br)c1C(=O)OC. The first-order valence-corrected chi connectivity index (χ1v) is 6.36. The zero-order chi connectivity index (χ0) is 14.4. The lowest BCUT2D eigenvalue weighted by Gasteiger charge is -2.11. The van der Waals surface area contributed by atoms with Crippen molar-refractivity contribution in [1.82, 2.24) is 4.68 Å². The highest BCUT2D eigenvalue weighted by molar-refractivity contribution is 9.10. The van der Waals surface area contributed by atoms with Gasteiger partial charge in [-0.2, -0.15) is 0 Å². The summed E-state index contributed by atoms with van der Waals surface area (Å²) in [6.45, 7) is 3.73. The van der Waals surface area contributed by atoms with Crippen LogP contribution in [0.5, 0.6) is 0 Å². The van der Waals surface area contributed by atoms with Gasteiger partial charge in [0.1, 0.15) is 0 Å². The number of ether oxygens (including phenoxy) is 2. The van der Waals surface area contributed by atoms with Crippen molar-refractivity contribution in [2.45, 2.75) is 13.8 Å². The maximum absolute atomic E-state index is 11.6. The molecular formula is C12H15BrN2O4. The smallest absolute Gasteiger partial charge is 0.357 e. The molecule has 0 bridgehead atoms. The zero-order valence-corrected chi connectivity index (χ0v) is 12.5. The molecule has 1 heterocycles. The Morgan fingerprint density at radius 1 is 1.53 bits per heavy atom. The van der Waals surface area contributed by atoms with Gasteiger partial charge < -0.3 is 9.47 Å². The zero-order valence-electron chi connectivity index (χ0n) is 10.9. The Labute approximate surface area is 119 Å². The van der Waals surface area contributed by atoms with Crippen molar-refractivity contribution in [1.29, 1.82) is 0 Å². The number of rotatable bonds is 5. The van der Waals surface area contributed by atoms with Crippen LogP contribution in [-0.2, 0) is 14.3 Å². The highest BCUT2D eigenvalue weighted by Crippen LogP contribution is 2.18. The van der Waals surface area contributed by atoms with E-state index in [0.717, 1.165) is 0 Å². The first kappa shape index (κ1) is 15.3. The lowest BCUT2D eigenvalue weighted by molar-refractivity contribution is -0.137. The van der Waals surface area contributed by atoms with Gasteiger partial charge in [-0.3, -0.25) is 10.1 Å². The normalized spacial score (nSPS) is 11.1. The summed E-state index contributed by atoms with van der Waals surface area (Å²) in [5.41, 5.74) is 3.72. The van der Waals surface area contributed by atoms with Gasteiger partial charge in [-0.15, -0.1) is 0 Å². The summed E-state index contributed by atoms with van der Waals surface area (Å²) in [6, 6.07) is 1.69. The van der Waals surface area contributed by atoms with E-state index in [2.05, 4.69) is 26.1 Å². The summed E-state index contributed by atoms with van der Waals surface area (Å²) >= 11 is 3.25. The Morgan fingerprint density at radius 3 is 2.79 bits per heavy atom. The molecule has 1 aromatic rings. The Balaban J connectivity index is 2.88. The quantitative estimate of drug-likeness (QED) is 0.661. The van der Waals surface area contributed by atoms with E-state index in [-0.39, 0.29) is 0 Å². The van der Waals surface area contributed by atoms with E-state index in [1.54, 1.807) is 26.1 Å². The van der Waals surface area contributed by atoms with E-state index in [1.165, 1.54) is 17.9 Å². The molecule has 0 amide bonds. The lowest BCUT2D eigenvalue weighted by atomic mass is 10.4. The number of allylic oxidation sites excluding steroid dienone is 1. The number of esters is 2. The van der Waals surface area contributed by atoms with Crippen molar-refractivity contribution < 1.29 is 19.1 Å². The van der Waals surface area contributed by atoms with Crippen LogP contribution in [0.3, 0.4) is 0 Å². The van der Waals surface area contributed by atoms with Crippen LogP contribution in [0, 0.1) is 0 Å². The Hall–Kier alpha value is -1.76. The standard InChI is InChI=1S/C12H15BrN2O4/c1-4-19-10(16)7-8(2)14-15-6-5-9(13)11(15)12(17)18-3/h5-7,14H,4H2,1-3H3/b8-7+. The molecule has 1 rings (SSSR count). The van der Waals surface area contributed by atoms with E-state index in [1.807, 2.05) is 0 Å². The molecule has 0 aliphatic heterocycles. The minimum absolute atomic E-state index is 0.305. The predicted molar refractivity (Wildman–Crippen MR) is 73.2 cm³/mol. The molecule has 0 spiro atoms. The fourth-order valence-electron chi connectivity index (χ4n) is 1.38. The second-order valence-electron chi connectivity index (χ2n) is 3.57. The number of carbonyl (C=O) groups is 2. The molecule has 1 N–H and O–H groups in total. The van der Waals surface area contributed by atoms with Crippen LogP contribution in [0.25, 0.3) is 0 Å². The van der Waals surface area contributed by atoms with Gasteiger partial charge in [0, 0.05) is 18.0 Å². The number of halogens is 1. The maximum Gasteiger partial charge on any atom is 0.357 e. The Bertz CT molecular complexity index is 508.